The molecule has 3 aromatic carbocycles. The summed E-state index contributed by atoms with van der Waals surface area (Å²) in [5, 5.41) is 24.0. The molecule has 3 N–H and O–H groups in total. The van der Waals surface area contributed by atoms with E-state index in [2.05, 4.69) is 5.32 Å². The van der Waals surface area contributed by atoms with Crippen LogP contribution >= 0.6 is 18.9 Å². The minimum atomic E-state index is -3.77. The van der Waals surface area contributed by atoms with Crippen molar-refractivity contribution in [2.24, 2.45) is 5.41 Å². The fourth-order valence-electron chi connectivity index (χ4n) is 7.33. The highest BCUT2D eigenvalue weighted by atomic mass is 35.5. The van der Waals surface area contributed by atoms with Crippen LogP contribution in [-0.2, 0) is 19.7 Å². The van der Waals surface area contributed by atoms with E-state index in [0.717, 1.165) is 11.1 Å². The van der Waals surface area contributed by atoms with Gasteiger partial charge < -0.3 is 24.8 Å². The summed E-state index contributed by atoms with van der Waals surface area (Å²) in [6.07, 6.45) is 0.187. The number of amides is 1. The van der Waals surface area contributed by atoms with Gasteiger partial charge in [0.05, 0.1) is 12.5 Å². The Labute approximate surface area is 255 Å². The predicted octanol–water partition coefficient (Wildman–Crippen LogP) is 4.36. The van der Waals surface area contributed by atoms with Crippen molar-refractivity contribution in [2.45, 2.75) is 11.5 Å². The molecule has 1 amide bonds. The van der Waals surface area contributed by atoms with E-state index in [-0.39, 0.29) is 24.8 Å². The Balaban J connectivity index is 1.68. The predicted molar refractivity (Wildman–Crippen MR) is 165 cm³/mol. The molecule has 11 heteroatoms. The van der Waals surface area contributed by atoms with Gasteiger partial charge in [0.15, 0.2) is 13.1 Å². The number of likely N-dealkylation sites (N-methyl/N-ethyl adjacent to an activating group) is 1. The van der Waals surface area contributed by atoms with E-state index in [4.69, 9.17) is 16.3 Å². The smallest absolute Gasteiger partial charge is 0.250 e. The number of hydrogen-bond donors (Lipinski definition) is 3. The number of hydrogen-bond acceptors (Lipinski definition) is 7. The Morgan fingerprint density at radius 1 is 1.07 bits per heavy atom. The molecule has 9 nitrogen and oxygen atoms in total. The van der Waals surface area contributed by atoms with Crippen molar-refractivity contribution in [2.75, 3.05) is 51.8 Å². The third kappa shape index (κ3) is 4.33. The highest BCUT2D eigenvalue weighted by molar-refractivity contribution is 7.61. The van der Waals surface area contributed by atoms with Crippen LogP contribution in [0.25, 0.3) is 6.08 Å². The number of anilines is 1. The van der Waals surface area contributed by atoms with Crippen LogP contribution in [0.3, 0.4) is 0 Å². The molecule has 0 unspecified atom stereocenters. The molecule has 3 aromatic rings. The second-order valence-corrected chi connectivity index (χ2v) is 14.7. The summed E-state index contributed by atoms with van der Waals surface area (Å²) in [5.74, 6) is -0.566. The normalized spacial score (nSPS) is 26.8. The molecule has 3 aliphatic rings. The van der Waals surface area contributed by atoms with Crippen molar-refractivity contribution in [3.8, 4) is 5.75 Å². The molecular formula is C32H33ClN3O6P. The van der Waals surface area contributed by atoms with Crippen LogP contribution in [0.4, 0.5) is 5.69 Å². The number of benzene rings is 3. The van der Waals surface area contributed by atoms with Gasteiger partial charge in [0.2, 0.25) is 0 Å². The number of Topliss-reactive ketones (excluding diaryl/α,β-unsaturated/α-hetero) is 1. The molecule has 0 saturated carbocycles. The molecule has 0 aliphatic carbocycles. The van der Waals surface area contributed by atoms with Gasteiger partial charge >= 0.3 is 0 Å². The van der Waals surface area contributed by atoms with E-state index >= 15 is 4.79 Å². The van der Waals surface area contributed by atoms with E-state index in [9.17, 15) is 19.6 Å². The Hall–Kier alpha value is -3.30. The third-order valence-corrected chi connectivity index (χ3v) is 11.7. The van der Waals surface area contributed by atoms with E-state index in [1.165, 1.54) is 4.67 Å². The summed E-state index contributed by atoms with van der Waals surface area (Å²) in [7, 11) is -0.387. The molecule has 2 saturated heterocycles. The fraction of sp³-hybridized carbons (Fsp3) is 0.312. The molecule has 6 rings (SSSR count). The highest BCUT2D eigenvalue weighted by Gasteiger charge is 2.75. The molecule has 0 aromatic heterocycles. The number of likely N-dealkylation sites (tertiary alicyclic amines) is 1. The monoisotopic (exact) mass is 621 g/mol. The molecule has 224 valence electrons. The largest absolute Gasteiger partial charge is 0.497 e. The maximum Gasteiger partial charge on any atom is 0.250 e. The van der Waals surface area contributed by atoms with Gasteiger partial charge in [0.25, 0.3) is 5.91 Å². The first-order chi connectivity index (χ1) is 20.6. The average molecular weight is 622 g/mol. The first-order valence-electron chi connectivity index (χ1n) is 14.0. The van der Waals surface area contributed by atoms with Crippen molar-refractivity contribution in [3.05, 3.63) is 100 Å². The van der Waals surface area contributed by atoms with Gasteiger partial charge in [-0.15, -0.1) is 0 Å². The second-order valence-electron chi connectivity index (χ2n) is 11.4. The minimum Gasteiger partial charge on any atom is -0.497 e. The summed E-state index contributed by atoms with van der Waals surface area (Å²) >= 11 is 6.52. The summed E-state index contributed by atoms with van der Waals surface area (Å²) < 4.78 is 21.0. The number of nitrogens with zero attached hydrogens (tertiary/aromatic N) is 2. The van der Waals surface area contributed by atoms with Crippen molar-refractivity contribution in [3.63, 3.8) is 0 Å². The number of nitrogens with one attached hydrogen (secondary N) is 1. The average Bonchev–Trinajstić information content (AvgIpc) is 3.47. The molecule has 3 atom stereocenters. The molecular weight excluding hydrogens is 589 g/mol. The summed E-state index contributed by atoms with van der Waals surface area (Å²) in [4.78, 5) is 31.6. The van der Waals surface area contributed by atoms with Crippen LogP contribution < -0.4 is 10.1 Å². The standard InChI is InChI=1S/C32H33ClN3O6P/c1-35-17-27(22-8-11-25(42-2)12-9-22)31(32(35)26-15-24(33)10-13-28(26)34-30(32)40)18-36(43(41,19-37)20-38)16-23(29(31)39)14-21-6-4-3-5-7-21/h3-15,27,37-38H,16-20H2,1-2H3,(H,34,40)/b23-14+/t27-,31+,32+/m0/s1. The number of aliphatic hydroxyl groups excluding tert-OH is 2. The number of carbonyl (C=O) groups excluding carboxylic acids is 2. The lowest BCUT2D eigenvalue weighted by atomic mass is 9.56. The lowest BCUT2D eigenvalue weighted by Crippen LogP contribution is -2.65. The Morgan fingerprint density at radius 2 is 1.77 bits per heavy atom. The number of ketones is 1. The zero-order chi connectivity index (χ0) is 30.6. The molecule has 2 fully saturated rings. The van der Waals surface area contributed by atoms with Gasteiger partial charge in [0.1, 0.15) is 24.0 Å². The Bertz CT molecular complexity index is 1660. The number of ether oxygens (including phenoxy) is 1. The molecule has 0 bridgehead atoms. The van der Waals surface area contributed by atoms with E-state index < -0.39 is 36.9 Å². The Kier molecular flexibility index (Phi) is 7.62. The summed E-state index contributed by atoms with van der Waals surface area (Å²) in [5.41, 5.74) is -0.0936. The van der Waals surface area contributed by atoms with Crippen molar-refractivity contribution < 1.29 is 29.1 Å². The number of rotatable bonds is 6. The Morgan fingerprint density at radius 3 is 2.42 bits per heavy atom. The number of fused-ring (bicyclic) bond motifs is 3. The lowest BCUT2D eigenvalue weighted by molar-refractivity contribution is -0.145. The van der Waals surface area contributed by atoms with Crippen LogP contribution in [0, 0.1) is 5.41 Å². The number of halogens is 1. The zero-order valence-electron chi connectivity index (χ0n) is 23.9. The SMILES string of the molecule is COc1ccc([C@@H]2CN(C)[C@]3(C(=O)Nc4ccc(Cl)cc43)[C@]23CN(P(=O)(CO)CO)C/C(=C\c2ccccc2)C3=O)cc1. The quantitative estimate of drug-likeness (QED) is 0.275. The third-order valence-electron chi connectivity index (χ3n) is 9.32. The van der Waals surface area contributed by atoms with Crippen LogP contribution in [0.5, 0.6) is 5.75 Å². The van der Waals surface area contributed by atoms with E-state index in [1.54, 1.807) is 31.4 Å². The first kappa shape index (κ1) is 29.8. The molecule has 2 spiro atoms. The first-order valence-corrected chi connectivity index (χ1v) is 16.4. The number of aliphatic hydroxyl groups is 2. The van der Waals surface area contributed by atoms with Crippen LogP contribution in [0.2, 0.25) is 5.02 Å². The van der Waals surface area contributed by atoms with Crippen molar-refractivity contribution in [1.82, 2.24) is 9.57 Å². The topological polar surface area (TPSA) is 119 Å². The zero-order valence-corrected chi connectivity index (χ0v) is 25.5. The highest BCUT2D eigenvalue weighted by Crippen LogP contribution is 2.66. The maximum atomic E-state index is 15.3. The second kappa shape index (κ2) is 11.0. The molecule has 3 heterocycles. The fourth-order valence-corrected chi connectivity index (χ4v) is 8.84. The van der Waals surface area contributed by atoms with Crippen LogP contribution in [0.1, 0.15) is 22.6 Å². The van der Waals surface area contributed by atoms with Crippen molar-refractivity contribution >= 4 is 42.3 Å². The molecule has 0 radical (unpaired) electrons. The lowest BCUT2D eigenvalue weighted by Gasteiger charge is -2.52. The number of carbonyl (C=O) groups is 2. The molecule has 3 aliphatic heterocycles. The summed E-state index contributed by atoms with van der Waals surface area (Å²) in [6, 6.07) is 21.8. The number of piperidine rings is 1. The van der Waals surface area contributed by atoms with Gasteiger partial charge in [-0.2, -0.15) is 0 Å². The van der Waals surface area contributed by atoms with Crippen molar-refractivity contribution in [1.29, 1.82) is 0 Å². The minimum absolute atomic E-state index is 0.0625. The van der Waals surface area contributed by atoms with Gasteiger partial charge in [-0.1, -0.05) is 54.1 Å². The van der Waals surface area contributed by atoms with Gasteiger partial charge in [-0.3, -0.25) is 14.5 Å². The van der Waals surface area contributed by atoms with Crippen LogP contribution in [-0.4, -0.2) is 78.0 Å². The van der Waals surface area contributed by atoms with E-state index in [1.807, 2.05) is 66.5 Å². The molecule has 43 heavy (non-hydrogen) atoms. The van der Waals surface area contributed by atoms with E-state index in [0.29, 0.717) is 34.1 Å². The van der Waals surface area contributed by atoms with Gasteiger partial charge in [-0.05, 0) is 54.6 Å². The maximum absolute atomic E-state index is 15.3. The van der Waals surface area contributed by atoms with Crippen LogP contribution in [0.15, 0.2) is 78.4 Å². The van der Waals surface area contributed by atoms with Gasteiger partial charge in [0, 0.05) is 47.4 Å². The van der Waals surface area contributed by atoms with Gasteiger partial charge in [-0.25, -0.2) is 4.67 Å². The summed E-state index contributed by atoms with van der Waals surface area (Å²) in [6.45, 7) is 0.107. The number of methoxy groups -OCH3 is 1.